The number of ketones is 1. The molecule has 5 rings (SSSR count). The van der Waals surface area contributed by atoms with Gasteiger partial charge in [-0.2, -0.15) is 0 Å². The van der Waals surface area contributed by atoms with E-state index in [1.807, 2.05) is 12.1 Å². The Morgan fingerprint density at radius 1 is 0.905 bits per heavy atom. The summed E-state index contributed by atoms with van der Waals surface area (Å²) >= 11 is 0. The minimum Gasteiger partial charge on any atom is -0.493 e. The van der Waals surface area contributed by atoms with Crippen LogP contribution in [-0.4, -0.2) is 35.9 Å². The molecule has 0 bridgehead atoms. The van der Waals surface area contributed by atoms with E-state index in [4.69, 9.17) is 20.9 Å². The van der Waals surface area contributed by atoms with Gasteiger partial charge in [-0.25, -0.2) is 0 Å². The first-order chi connectivity index (χ1) is 19.9. The van der Waals surface area contributed by atoms with Gasteiger partial charge in [0.15, 0.2) is 0 Å². The third-order valence-corrected chi connectivity index (χ3v) is 12.2. The predicted molar refractivity (Wildman–Crippen MR) is 159 cm³/mol. The van der Waals surface area contributed by atoms with E-state index >= 15 is 0 Å². The van der Waals surface area contributed by atoms with Gasteiger partial charge in [0.05, 0.1) is 32.2 Å². The van der Waals surface area contributed by atoms with Gasteiger partial charge in [0.1, 0.15) is 17.3 Å². The van der Waals surface area contributed by atoms with Crippen molar-refractivity contribution >= 4 is 17.6 Å². The first-order valence-electron chi connectivity index (χ1n) is 16.1. The van der Waals surface area contributed by atoms with E-state index in [2.05, 4.69) is 20.8 Å². The maximum absolute atomic E-state index is 12.3. The highest BCUT2D eigenvalue weighted by Crippen LogP contribution is 2.68. The van der Waals surface area contributed by atoms with Crippen molar-refractivity contribution in [2.24, 2.45) is 57.8 Å². The highest BCUT2D eigenvalue weighted by atomic mass is 16.5. The fourth-order valence-electron chi connectivity index (χ4n) is 9.94. The molecule has 0 radical (unpaired) electrons. The molecule has 8 heteroatoms. The molecule has 4 aliphatic carbocycles. The smallest absolute Gasteiger partial charge is 0.220 e. The summed E-state index contributed by atoms with van der Waals surface area (Å²) in [6.07, 6.45) is 9.17. The van der Waals surface area contributed by atoms with Crippen molar-refractivity contribution < 1.29 is 29.0 Å². The third-order valence-electron chi connectivity index (χ3n) is 12.2. The fraction of sp³-hybridized carbons (Fsp3) is 0.735. The minimum absolute atomic E-state index is 0.0233. The average molecular weight is 583 g/mol. The van der Waals surface area contributed by atoms with E-state index in [1.165, 1.54) is 32.1 Å². The monoisotopic (exact) mass is 582 g/mol. The summed E-state index contributed by atoms with van der Waals surface area (Å²) in [5, 5.41) is 11.8. The molecule has 0 aromatic heterocycles. The number of aliphatic hydroxyl groups is 1. The van der Waals surface area contributed by atoms with Gasteiger partial charge in [-0.05, 0) is 109 Å². The Bertz CT molecular complexity index is 1150. The second kappa shape index (κ2) is 12.2. The molecule has 232 valence electrons. The van der Waals surface area contributed by atoms with E-state index < -0.39 is 17.9 Å². The van der Waals surface area contributed by atoms with Gasteiger partial charge < -0.3 is 26.0 Å². The number of hydrogen-bond acceptors (Lipinski definition) is 6. The molecule has 9 atom stereocenters. The lowest BCUT2D eigenvalue weighted by molar-refractivity contribution is -0.141. The van der Waals surface area contributed by atoms with Crippen LogP contribution in [-0.2, 0) is 14.4 Å². The van der Waals surface area contributed by atoms with Crippen molar-refractivity contribution in [2.45, 2.75) is 97.5 Å². The SMILES string of the molecule is CC(C(O)c1cc(OCCC(N)=O)cc(OCCC(N)=O)c1)C1CC[C@H]2[C@@H]3CCC4CC(=O)CC[C@]4(C)[C@@H]3CC[C@]12C. The summed E-state index contributed by atoms with van der Waals surface area (Å²) in [7, 11) is 0. The Balaban J connectivity index is 1.33. The molecule has 0 saturated heterocycles. The topological polar surface area (TPSA) is 142 Å². The normalized spacial score (nSPS) is 35.3. The predicted octanol–water partition coefficient (Wildman–Crippen LogP) is 5.09. The first kappa shape index (κ1) is 30.8. The van der Waals surface area contributed by atoms with E-state index in [0.717, 1.165) is 25.7 Å². The standard InChI is InChI=1S/C34H50N2O6/c1-20(32(40)21-16-24(41-14-10-30(35)38)19-25(17-21)42-15-11-31(36)39)27-6-7-28-26-5-4-22-18-23(37)8-12-33(22,2)29(26)9-13-34(27,28)3/h16-17,19-20,22,26-29,32,40H,4-15,18H2,1-3H3,(H2,35,38)(H2,36,39)/t20?,22?,26-,27?,28-,29+,32?,33-,34+/m0/s1. The summed E-state index contributed by atoms with van der Waals surface area (Å²) in [4.78, 5) is 34.7. The molecular formula is C34H50N2O6. The number of ether oxygens (including phenoxy) is 2. The van der Waals surface area contributed by atoms with Gasteiger partial charge >= 0.3 is 0 Å². The number of rotatable bonds is 11. The summed E-state index contributed by atoms with van der Waals surface area (Å²) in [6, 6.07) is 5.34. The molecule has 4 fully saturated rings. The van der Waals surface area contributed by atoms with E-state index in [-0.39, 0.29) is 37.4 Å². The largest absolute Gasteiger partial charge is 0.493 e. The van der Waals surface area contributed by atoms with E-state index in [1.54, 1.807) is 6.07 Å². The molecular weight excluding hydrogens is 532 g/mol. The number of carbonyl (C=O) groups is 3. The molecule has 0 heterocycles. The Kier molecular flexibility index (Phi) is 8.94. The zero-order valence-corrected chi connectivity index (χ0v) is 25.6. The molecule has 1 aromatic carbocycles. The number of nitrogens with two attached hydrogens (primary N) is 2. The van der Waals surface area contributed by atoms with Crippen LogP contribution in [0.2, 0.25) is 0 Å². The Morgan fingerprint density at radius 3 is 2.14 bits per heavy atom. The number of primary amides is 2. The van der Waals surface area contributed by atoms with Gasteiger partial charge in [0.25, 0.3) is 0 Å². The number of carbonyl (C=O) groups excluding carboxylic acids is 3. The van der Waals surface area contributed by atoms with Crippen LogP contribution in [0.15, 0.2) is 18.2 Å². The Hall–Kier alpha value is -2.61. The molecule has 42 heavy (non-hydrogen) atoms. The maximum Gasteiger partial charge on any atom is 0.220 e. The van der Waals surface area contributed by atoms with Crippen molar-refractivity contribution in [3.8, 4) is 11.5 Å². The molecule has 5 N–H and O–H groups in total. The minimum atomic E-state index is -0.723. The average Bonchev–Trinajstić information content (AvgIpc) is 3.29. The number of fused-ring (bicyclic) bond motifs is 5. The number of aliphatic hydroxyl groups excluding tert-OH is 1. The number of Topliss-reactive ketones (excluding diaryl/α,β-unsaturated/α-hetero) is 1. The highest BCUT2D eigenvalue weighted by Gasteiger charge is 2.61. The van der Waals surface area contributed by atoms with Gasteiger partial charge in [-0.3, -0.25) is 14.4 Å². The zero-order valence-electron chi connectivity index (χ0n) is 25.6. The summed E-state index contributed by atoms with van der Waals surface area (Å²) in [5.74, 6) is 3.57. The number of benzene rings is 1. The molecule has 2 amide bonds. The third kappa shape index (κ3) is 5.93. The van der Waals surface area contributed by atoms with E-state index in [9.17, 15) is 19.5 Å². The zero-order chi connectivity index (χ0) is 30.2. The lowest BCUT2D eigenvalue weighted by Crippen LogP contribution is -2.54. The van der Waals surface area contributed by atoms with Crippen LogP contribution in [0, 0.1) is 46.3 Å². The fourth-order valence-corrected chi connectivity index (χ4v) is 9.94. The number of amides is 2. The van der Waals surface area contributed by atoms with Gasteiger partial charge in [0, 0.05) is 18.9 Å². The molecule has 0 aliphatic heterocycles. The van der Waals surface area contributed by atoms with Crippen LogP contribution in [0.5, 0.6) is 11.5 Å². The Morgan fingerprint density at radius 2 is 1.52 bits per heavy atom. The molecule has 4 saturated carbocycles. The van der Waals surface area contributed by atoms with Crippen LogP contribution < -0.4 is 20.9 Å². The molecule has 0 spiro atoms. The molecule has 4 aliphatic rings. The first-order valence-corrected chi connectivity index (χ1v) is 16.1. The van der Waals surface area contributed by atoms with Crippen molar-refractivity contribution in [1.29, 1.82) is 0 Å². The van der Waals surface area contributed by atoms with Crippen LogP contribution in [0.4, 0.5) is 0 Å². The van der Waals surface area contributed by atoms with Crippen molar-refractivity contribution in [3.05, 3.63) is 23.8 Å². The Labute approximate surface area is 250 Å². The van der Waals surface area contributed by atoms with Crippen LogP contribution >= 0.6 is 0 Å². The van der Waals surface area contributed by atoms with Gasteiger partial charge in [-0.1, -0.05) is 20.8 Å². The summed E-state index contributed by atoms with van der Waals surface area (Å²) in [6.45, 7) is 7.40. The van der Waals surface area contributed by atoms with Gasteiger partial charge in [-0.15, -0.1) is 0 Å². The summed E-state index contributed by atoms with van der Waals surface area (Å²) in [5.41, 5.74) is 11.7. The van der Waals surface area contributed by atoms with Gasteiger partial charge in [0.2, 0.25) is 11.8 Å². The lowest BCUT2D eigenvalue weighted by Gasteiger charge is -2.60. The van der Waals surface area contributed by atoms with Crippen molar-refractivity contribution in [2.75, 3.05) is 13.2 Å². The second-order valence-corrected chi connectivity index (χ2v) is 14.3. The van der Waals surface area contributed by atoms with Crippen LogP contribution in [0.1, 0.15) is 103 Å². The molecule has 8 nitrogen and oxygen atoms in total. The second-order valence-electron chi connectivity index (χ2n) is 14.3. The van der Waals surface area contributed by atoms with Crippen LogP contribution in [0.3, 0.4) is 0 Å². The van der Waals surface area contributed by atoms with E-state index in [0.29, 0.717) is 57.9 Å². The molecule has 4 unspecified atom stereocenters. The molecule has 1 aromatic rings. The highest BCUT2D eigenvalue weighted by molar-refractivity contribution is 5.79. The summed E-state index contributed by atoms with van der Waals surface area (Å²) < 4.78 is 11.6. The maximum atomic E-state index is 12.3. The van der Waals surface area contributed by atoms with Crippen molar-refractivity contribution in [3.63, 3.8) is 0 Å². The van der Waals surface area contributed by atoms with Crippen molar-refractivity contribution in [1.82, 2.24) is 0 Å². The lowest BCUT2D eigenvalue weighted by atomic mass is 9.44. The van der Waals surface area contributed by atoms with Crippen LogP contribution in [0.25, 0.3) is 0 Å². The quantitative estimate of drug-likeness (QED) is 0.332. The number of hydrogen-bond donors (Lipinski definition) is 3.